The fourth-order valence-electron chi connectivity index (χ4n) is 3.33. The van der Waals surface area contributed by atoms with Gasteiger partial charge in [-0.3, -0.25) is 14.4 Å². The van der Waals surface area contributed by atoms with E-state index in [1.165, 1.54) is 24.1 Å². The molecule has 3 N–H and O–H groups in total. The van der Waals surface area contributed by atoms with Crippen molar-refractivity contribution in [2.75, 3.05) is 20.2 Å². The summed E-state index contributed by atoms with van der Waals surface area (Å²) in [4.78, 5) is 52.0. The molecule has 0 bridgehead atoms. The number of aromatic hydroxyl groups is 1. The minimum Gasteiger partial charge on any atom is -0.508 e. The SMILES string of the molecule is CCOC(=O)CCNC(=O)C(c1cccc(O)c1)N(C)C(=O)C(NC(=O)OC(C)(C)C)C(C)CC. The number of ether oxygens (including phenoxy) is 2. The zero-order chi connectivity index (χ0) is 26.8. The van der Waals surface area contributed by atoms with Crippen LogP contribution in [0, 0.1) is 5.92 Å². The Hall–Kier alpha value is -3.30. The van der Waals surface area contributed by atoms with Crippen molar-refractivity contribution in [1.82, 2.24) is 15.5 Å². The molecule has 0 radical (unpaired) electrons. The summed E-state index contributed by atoms with van der Waals surface area (Å²) in [6.45, 7) is 10.8. The molecule has 1 rings (SSSR count). The number of phenolic OH excluding ortho intramolecular Hbond substituents is 1. The molecule has 196 valence electrons. The Morgan fingerprint density at radius 1 is 1.14 bits per heavy atom. The van der Waals surface area contributed by atoms with E-state index >= 15 is 0 Å². The Morgan fingerprint density at radius 3 is 2.34 bits per heavy atom. The van der Waals surface area contributed by atoms with Gasteiger partial charge in [-0.25, -0.2) is 4.79 Å². The second-order valence-corrected chi connectivity index (χ2v) is 9.30. The van der Waals surface area contributed by atoms with Crippen molar-refractivity contribution in [3.63, 3.8) is 0 Å². The Morgan fingerprint density at radius 2 is 1.80 bits per heavy atom. The Labute approximate surface area is 207 Å². The van der Waals surface area contributed by atoms with E-state index in [4.69, 9.17) is 9.47 Å². The molecular weight excluding hydrogens is 454 g/mol. The van der Waals surface area contributed by atoms with E-state index in [1.54, 1.807) is 39.8 Å². The fourth-order valence-corrected chi connectivity index (χ4v) is 3.33. The molecule has 3 amide bonds. The van der Waals surface area contributed by atoms with Crippen LogP contribution in [0.15, 0.2) is 24.3 Å². The molecule has 3 unspecified atom stereocenters. The van der Waals surface area contributed by atoms with E-state index in [9.17, 15) is 24.3 Å². The van der Waals surface area contributed by atoms with E-state index in [0.29, 0.717) is 12.0 Å². The average Bonchev–Trinajstić information content (AvgIpc) is 2.75. The molecule has 35 heavy (non-hydrogen) atoms. The van der Waals surface area contributed by atoms with Crippen LogP contribution in [0.5, 0.6) is 5.75 Å². The third-order valence-corrected chi connectivity index (χ3v) is 5.25. The first-order valence-corrected chi connectivity index (χ1v) is 11.8. The molecule has 10 nitrogen and oxygen atoms in total. The molecule has 0 aromatic heterocycles. The van der Waals surface area contributed by atoms with Gasteiger partial charge in [0.2, 0.25) is 11.8 Å². The van der Waals surface area contributed by atoms with Gasteiger partial charge >= 0.3 is 12.1 Å². The maximum Gasteiger partial charge on any atom is 0.408 e. The third-order valence-electron chi connectivity index (χ3n) is 5.25. The highest BCUT2D eigenvalue weighted by molar-refractivity contribution is 5.92. The highest BCUT2D eigenvalue weighted by Gasteiger charge is 2.36. The van der Waals surface area contributed by atoms with Gasteiger partial charge < -0.3 is 30.1 Å². The Bertz CT molecular complexity index is 882. The summed E-state index contributed by atoms with van der Waals surface area (Å²) in [7, 11) is 1.45. The van der Waals surface area contributed by atoms with Crippen LogP contribution < -0.4 is 10.6 Å². The lowest BCUT2D eigenvalue weighted by molar-refractivity contribution is -0.144. The minimum atomic E-state index is -1.12. The summed E-state index contributed by atoms with van der Waals surface area (Å²) in [5.74, 6) is -1.83. The van der Waals surface area contributed by atoms with Gasteiger partial charge in [-0.1, -0.05) is 32.4 Å². The average molecular weight is 494 g/mol. The van der Waals surface area contributed by atoms with Crippen molar-refractivity contribution < 1.29 is 33.8 Å². The molecule has 0 fully saturated rings. The topological polar surface area (TPSA) is 134 Å². The number of hydrogen-bond acceptors (Lipinski definition) is 7. The Kier molecular flexibility index (Phi) is 11.5. The number of esters is 1. The first-order valence-electron chi connectivity index (χ1n) is 11.8. The lowest BCUT2D eigenvalue weighted by Crippen LogP contribution is -2.54. The van der Waals surface area contributed by atoms with Crippen LogP contribution in [0.1, 0.15) is 66.0 Å². The number of nitrogens with zero attached hydrogens (tertiary/aromatic N) is 1. The molecule has 0 aliphatic carbocycles. The monoisotopic (exact) mass is 493 g/mol. The molecule has 10 heteroatoms. The minimum absolute atomic E-state index is 0.0139. The van der Waals surface area contributed by atoms with Gasteiger partial charge in [-0.15, -0.1) is 0 Å². The number of alkyl carbamates (subject to hydrolysis) is 1. The molecule has 0 aliphatic rings. The molecule has 0 spiro atoms. The van der Waals surface area contributed by atoms with E-state index in [1.807, 2.05) is 13.8 Å². The summed E-state index contributed by atoms with van der Waals surface area (Å²) in [5.41, 5.74) is -0.378. The summed E-state index contributed by atoms with van der Waals surface area (Å²) in [6, 6.07) is 3.94. The van der Waals surface area contributed by atoms with Gasteiger partial charge in [-0.2, -0.15) is 0 Å². The summed E-state index contributed by atoms with van der Waals surface area (Å²) >= 11 is 0. The number of benzene rings is 1. The van der Waals surface area contributed by atoms with E-state index in [0.717, 1.165) is 0 Å². The van der Waals surface area contributed by atoms with Gasteiger partial charge in [0.1, 0.15) is 23.4 Å². The predicted octanol–water partition coefficient (Wildman–Crippen LogP) is 2.90. The van der Waals surface area contributed by atoms with Crippen LogP contribution in [0.25, 0.3) is 0 Å². The Balaban J connectivity index is 3.19. The van der Waals surface area contributed by atoms with E-state index in [-0.39, 0.29) is 31.2 Å². The quantitative estimate of drug-likeness (QED) is 0.404. The van der Waals surface area contributed by atoms with Gasteiger partial charge in [0, 0.05) is 13.6 Å². The number of carbonyl (C=O) groups is 4. The normalized spacial score (nSPS) is 13.7. The van der Waals surface area contributed by atoms with Crippen LogP contribution >= 0.6 is 0 Å². The number of hydrogen-bond donors (Lipinski definition) is 3. The molecule has 1 aromatic rings. The van der Waals surface area contributed by atoms with Crippen molar-refractivity contribution in [2.45, 2.75) is 72.1 Å². The van der Waals surface area contributed by atoms with Crippen molar-refractivity contribution in [2.24, 2.45) is 5.92 Å². The van der Waals surface area contributed by atoms with Crippen LogP contribution in [0.3, 0.4) is 0 Å². The number of likely N-dealkylation sites (N-methyl/N-ethyl adjacent to an activating group) is 1. The first-order chi connectivity index (χ1) is 16.3. The fraction of sp³-hybridized carbons (Fsp3) is 0.600. The van der Waals surface area contributed by atoms with Crippen LogP contribution in [-0.4, -0.2) is 65.7 Å². The number of nitrogens with one attached hydrogen (secondary N) is 2. The maximum atomic E-state index is 13.6. The van der Waals surface area contributed by atoms with Crippen LogP contribution in [0.4, 0.5) is 4.79 Å². The van der Waals surface area contributed by atoms with Gasteiger partial charge in [-0.05, 0) is 51.3 Å². The molecule has 0 saturated heterocycles. The van der Waals surface area contributed by atoms with Crippen molar-refractivity contribution >= 4 is 23.9 Å². The zero-order valence-electron chi connectivity index (χ0n) is 21.7. The van der Waals surface area contributed by atoms with Crippen molar-refractivity contribution in [3.8, 4) is 5.75 Å². The second-order valence-electron chi connectivity index (χ2n) is 9.30. The first kappa shape index (κ1) is 29.7. The van der Waals surface area contributed by atoms with Crippen molar-refractivity contribution in [3.05, 3.63) is 29.8 Å². The number of amides is 3. The molecular formula is C25H39N3O7. The maximum absolute atomic E-state index is 13.6. The zero-order valence-corrected chi connectivity index (χ0v) is 21.7. The van der Waals surface area contributed by atoms with Gasteiger partial charge in [0.15, 0.2) is 0 Å². The van der Waals surface area contributed by atoms with Gasteiger partial charge in [0.25, 0.3) is 0 Å². The molecule has 1 aromatic carbocycles. The summed E-state index contributed by atoms with van der Waals surface area (Å²) in [5, 5.41) is 15.3. The lowest BCUT2D eigenvalue weighted by atomic mass is 9.96. The smallest absolute Gasteiger partial charge is 0.408 e. The van der Waals surface area contributed by atoms with Crippen molar-refractivity contribution in [1.29, 1.82) is 0 Å². The van der Waals surface area contributed by atoms with E-state index < -0.39 is 41.6 Å². The van der Waals surface area contributed by atoms with E-state index in [2.05, 4.69) is 10.6 Å². The second kappa shape index (κ2) is 13.6. The molecule has 3 atom stereocenters. The predicted molar refractivity (Wildman–Crippen MR) is 130 cm³/mol. The number of rotatable bonds is 11. The highest BCUT2D eigenvalue weighted by Crippen LogP contribution is 2.25. The molecule has 0 saturated carbocycles. The standard InChI is InChI=1S/C25H39N3O7/c1-8-16(3)20(27-24(33)35-25(4,5)6)23(32)28(7)21(17-11-10-12-18(29)15-17)22(31)26-14-13-19(30)34-9-2/h10-12,15-16,20-21,29H,8-9,13-14H2,1-7H3,(H,26,31)(H,27,33). The number of carbonyl (C=O) groups excluding carboxylic acids is 4. The third kappa shape index (κ3) is 9.84. The van der Waals surface area contributed by atoms with Gasteiger partial charge in [0.05, 0.1) is 13.0 Å². The summed E-state index contributed by atoms with van der Waals surface area (Å²) < 4.78 is 10.2. The number of phenols is 1. The molecule has 0 aliphatic heterocycles. The van der Waals surface area contributed by atoms with Crippen LogP contribution in [-0.2, 0) is 23.9 Å². The highest BCUT2D eigenvalue weighted by atomic mass is 16.6. The molecule has 0 heterocycles. The van der Waals surface area contributed by atoms with Crippen LogP contribution in [0.2, 0.25) is 0 Å². The lowest BCUT2D eigenvalue weighted by Gasteiger charge is -2.33. The summed E-state index contributed by atoms with van der Waals surface area (Å²) in [6.07, 6.45) is -0.181. The largest absolute Gasteiger partial charge is 0.508 e.